The second-order valence-electron chi connectivity index (χ2n) is 6.23. The summed E-state index contributed by atoms with van der Waals surface area (Å²) in [6.07, 6.45) is 0. The third kappa shape index (κ3) is 2.88. The second kappa shape index (κ2) is 6.38. The lowest BCUT2D eigenvalue weighted by atomic mass is 10.1. The number of carbonyl (C=O) groups is 1. The summed E-state index contributed by atoms with van der Waals surface area (Å²) in [7, 11) is 0. The van der Waals surface area contributed by atoms with Crippen LogP contribution < -0.4 is 5.32 Å². The van der Waals surface area contributed by atoms with Crippen molar-refractivity contribution >= 4 is 33.5 Å². The molecular formula is C20H17N3O2S. The van der Waals surface area contributed by atoms with E-state index in [1.54, 1.807) is 0 Å². The van der Waals surface area contributed by atoms with Gasteiger partial charge in [-0.3, -0.25) is 10.1 Å². The molecule has 0 radical (unpaired) electrons. The molecule has 2 aromatic carbocycles. The van der Waals surface area contributed by atoms with Gasteiger partial charge in [0, 0.05) is 28.0 Å². The lowest BCUT2D eigenvalue weighted by Crippen LogP contribution is -2.11. The zero-order valence-electron chi connectivity index (χ0n) is 14.7. The highest BCUT2D eigenvalue weighted by Crippen LogP contribution is 2.29. The smallest absolute Gasteiger partial charge is 0.293 e. The van der Waals surface area contributed by atoms with Crippen LogP contribution in [0.15, 0.2) is 46.9 Å². The number of rotatable bonds is 3. The van der Waals surface area contributed by atoms with E-state index < -0.39 is 0 Å². The summed E-state index contributed by atoms with van der Waals surface area (Å²) in [6, 6.07) is 13.7. The second-order valence-corrected chi connectivity index (χ2v) is 6.98. The number of furan rings is 1. The van der Waals surface area contributed by atoms with Gasteiger partial charge in [-0.1, -0.05) is 30.3 Å². The molecule has 0 fully saturated rings. The molecule has 0 saturated carbocycles. The summed E-state index contributed by atoms with van der Waals surface area (Å²) in [4.78, 5) is 17.0. The number of aromatic nitrogens is 2. The predicted octanol–water partition coefficient (Wildman–Crippen LogP) is 5.13. The molecule has 0 aliphatic rings. The van der Waals surface area contributed by atoms with Crippen molar-refractivity contribution in [2.24, 2.45) is 0 Å². The summed E-state index contributed by atoms with van der Waals surface area (Å²) in [6.45, 7) is 5.97. The lowest BCUT2D eigenvalue weighted by Gasteiger charge is -1.99. The van der Waals surface area contributed by atoms with Crippen molar-refractivity contribution in [1.29, 1.82) is 0 Å². The summed E-state index contributed by atoms with van der Waals surface area (Å²) in [5.41, 5.74) is 4.77. The third-order valence-electron chi connectivity index (χ3n) is 4.44. The average Bonchev–Trinajstić information content (AvgIpc) is 3.22. The zero-order valence-corrected chi connectivity index (χ0v) is 15.5. The molecule has 6 heteroatoms. The van der Waals surface area contributed by atoms with Gasteiger partial charge in [-0.25, -0.2) is 0 Å². The Morgan fingerprint density at radius 2 is 1.81 bits per heavy atom. The Labute approximate surface area is 154 Å². The zero-order chi connectivity index (χ0) is 18.3. The molecule has 0 atom stereocenters. The van der Waals surface area contributed by atoms with E-state index in [1.165, 1.54) is 5.56 Å². The van der Waals surface area contributed by atoms with Crippen LogP contribution in [0.2, 0.25) is 0 Å². The van der Waals surface area contributed by atoms with Crippen LogP contribution >= 0.6 is 11.5 Å². The minimum atomic E-state index is -0.315. The number of benzene rings is 2. The van der Waals surface area contributed by atoms with E-state index in [0.29, 0.717) is 16.7 Å². The quantitative estimate of drug-likeness (QED) is 0.548. The molecule has 4 rings (SSSR count). The van der Waals surface area contributed by atoms with E-state index in [-0.39, 0.29) is 5.91 Å². The normalized spacial score (nSPS) is 11.0. The van der Waals surface area contributed by atoms with Gasteiger partial charge < -0.3 is 4.42 Å². The number of hydrogen-bond donors (Lipinski definition) is 1. The van der Waals surface area contributed by atoms with Crippen LogP contribution in [0.5, 0.6) is 0 Å². The first-order valence-corrected chi connectivity index (χ1v) is 9.01. The summed E-state index contributed by atoms with van der Waals surface area (Å²) < 4.78 is 10.1. The van der Waals surface area contributed by atoms with Crippen LogP contribution in [-0.2, 0) is 0 Å². The molecule has 0 bridgehead atoms. The van der Waals surface area contributed by atoms with Gasteiger partial charge in [0.2, 0.25) is 5.13 Å². The Balaban J connectivity index is 1.62. The minimum Gasteiger partial charge on any atom is -0.451 e. The molecule has 4 aromatic rings. The predicted molar refractivity (Wildman–Crippen MR) is 104 cm³/mol. The average molecular weight is 363 g/mol. The number of fused-ring (bicyclic) bond motifs is 1. The molecule has 1 N–H and O–H groups in total. The number of amides is 1. The van der Waals surface area contributed by atoms with Gasteiger partial charge in [0.25, 0.3) is 5.91 Å². The largest absolute Gasteiger partial charge is 0.451 e. The van der Waals surface area contributed by atoms with Gasteiger partial charge in [0.15, 0.2) is 11.6 Å². The van der Waals surface area contributed by atoms with Crippen molar-refractivity contribution < 1.29 is 9.21 Å². The van der Waals surface area contributed by atoms with Crippen molar-refractivity contribution in [3.8, 4) is 11.4 Å². The highest BCUT2D eigenvalue weighted by Gasteiger charge is 2.20. The molecule has 0 unspecified atom stereocenters. The van der Waals surface area contributed by atoms with Crippen molar-refractivity contribution in [2.45, 2.75) is 20.8 Å². The van der Waals surface area contributed by atoms with Crippen molar-refractivity contribution in [1.82, 2.24) is 9.36 Å². The van der Waals surface area contributed by atoms with Crippen LogP contribution in [0.25, 0.3) is 22.4 Å². The molecular weight excluding hydrogens is 346 g/mol. The van der Waals surface area contributed by atoms with Crippen LogP contribution in [0.3, 0.4) is 0 Å². The molecule has 0 aliphatic heterocycles. The van der Waals surface area contributed by atoms with E-state index in [4.69, 9.17) is 4.42 Å². The van der Waals surface area contributed by atoms with Gasteiger partial charge in [-0.15, -0.1) is 0 Å². The van der Waals surface area contributed by atoms with E-state index in [9.17, 15) is 4.79 Å². The molecule has 5 nitrogen and oxygen atoms in total. The number of anilines is 1. The molecule has 0 spiro atoms. The van der Waals surface area contributed by atoms with Crippen molar-refractivity contribution in [3.63, 3.8) is 0 Å². The number of nitrogens with zero attached hydrogens (tertiary/aromatic N) is 2. The first-order valence-electron chi connectivity index (χ1n) is 8.24. The standard InChI is InChI=1S/C20H17N3O2S/c1-11-9-15-13(3)17(25-16(15)10-12(11)2)19(24)22-20-21-18(23-26-20)14-7-5-4-6-8-14/h4-10H,1-3H3,(H,21,22,23,24). The van der Waals surface area contributed by atoms with Gasteiger partial charge in [0.05, 0.1) is 0 Å². The monoisotopic (exact) mass is 363 g/mol. The Kier molecular flexibility index (Phi) is 4.05. The molecule has 26 heavy (non-hydrogen) atoms. The molecule has 130 valence electrons. The maximum atomic E-state index is 12.7. The number of hydrogen-bond acceptors (Lipinski definition) is 5. The highest BCUT2D eigenvalue weighted by atomic mass is 32.1. The van der Waals surface area contributed by atoms with Gasteiger partial charge >= 0.3 is 0 Å². The SMILES string of the molecule is Cc1cc2oc(C(=O)Nc3nc(-c4ccccc4)ns3)c(C)c2cc1C. The molecule has 0 aliphatic carbocycles. The van der Waals surface area contributed by atoms with E-state index in [2.05, 4.69) is 20.7 Å². The topological polar surface area (TPSA) is 68.0 Å². The van der Waals surface area contributed by atoms with Crippen molar-refractivity contribution in [2.75, 3.05) is 5.32 Å². The van der Waals surface area contributed by atoms with E-state index >= 15 is 0 Å². The lowest BCUT2D eigenvalue weighted by molar-refractivity contribution is 0.0998. The Hall–Kier alpha value is -2.99. The molecule has 1 amide bonds. The number of aryl methyl sites for hydroxylation is 3. The fourth-order valence-electron chi connectivity index (χ4n) is 2.83. The first kappa shape index (κ1) is 16.5. The van der Waals surface area contributed by atoms with E-state index in [0.717, 1.165) is 39.2 Å². The summed E-state index contributed by atoms with van der Waals surface area (Å²) in [5, 5.41) is 4.20. The maximum Gasteiger partial charge on any atom is 0.293 e. The Morgan fingerprint density at radius 3 is 2.58 bits per heavy atom. The van der Waals surface area contributed by atoms with Crippen molar-refractivity contribution in [3.05, 3.63) is 64.9 Å². The fraction of sp³-hybridized carbons (Fsp3) is 0.150. The van der Waals surface area contributed by atoms with Crippen LogP contribution in [-0.4, -0.2) is 15.3 Å². The van der Waals surface area contributed by atoms with Gasteiger partial charge in [-0.05, 0) is 44.0 Å². The Bertz CT molecular complexity index is 1110. The minimum absolute atomic E-state index is 0.307. The van der Waals surface area contributed by atoms with Crippen LogP contribution in [0.1, 0.15) is 27.2 Å². The van der Waals surface area contributed by atoms with E-state index in [1.807, 2.05) is 57.2 Å². The Morgan fingerprint density at radius 1 is 1.08 bits per heavy atom. The highest BCUT2D eigenvalue weighted by molar-refractivity contribution is 7.10. The van der Waals surface area contributed by atoms with Gasteiger partial charge in [0.1, 0.15) is 5.58 Å². The molecule has 0 saturated heterocycles. The van der Waals surface area contributed by atoms with Crippen LogP contribution in [0, 0.1) is 20.8 Å². The fourth-order valence-corrected chi connectivity index (χ4v) is 3.41. The number of carbonyl (C=O) groups excluding carboxylic acids is 1. The van der Waals surface area contributed by atoms with Crippen LogP contribution in [0.4, 0.5) is 5.13 Å². The third-order valence-corrected chi connectivity index (χ3v) is 5.07. The first-order chi connectivity index (χ1) is 12.5. The number of nitrogens with one attached hydrogen (secondary N) is 1. The van der Waals surface area contributed by atoms with Gasteiger partial charge in [-0.2, -0.15) is 9.36 Å². The maximum absolute atomic E-state index is 12.7. The molecule has 2 heterocycles. The summed E-state index contributed by atoms with van der Waals surface area (Å²) >= 11 is 1.15. The summed E-state index contributed by atoms with van der Waals surface area (Å²) in [5.74, 6) is 0.588. The molecule has 2 aromatic heterocycles.